The first-order valence-electron chi connectivity index (χ1n) is 8.18. The molecular formula is C18H26ClN3. The van der Waals surface area contributed by atoms with E-state index in [1.807, 2.05) is 18.7 Å². The van der Waals surface area contributed by atoms with Crippen LogP contribution in [-0.4, -0.2) is 15.6 Å². The van der Waals surface area contributed by atoms with Gasteiger partial charge < -0.3 is 9.88 Å². The van der Waals surface area contributed by atoms with Crippen LogP contribution in [0.25, 0.3) is 0 Å². The van der Waals surface area contributed by atoms with Crippen LogP contribution < -0.4 is 5.32 Å². The van der Waals surface area contributed by atoms with Crippen LogP contribution in [0.4, 0.5) is 0 Å². The molecular weight excluding hydrogens is 294 g/mol. The lowest BCUT2D eigenvalue weighted by Gasteiger charge is -2.18. The normalized spacial score (nSPS) is 16.0. The summed E-state index contributed by atoms with van der Waals surface area (Å²) in [6.07, 6.45) is 14.0. The Bertz CT molecular complexity index is 531. The average molecular weight is 320 g/mol. The standard InChI is InChI=1S/C18H25N3.ClH/c1-2-4-10-18(9-3-1)20-13-16-7-5-6-8-17(16)14-21-12-11-19-15-21;/h5-8,11-12,15,18,20H,1-4,9-10,13-14H2;1H. The Morgan fingerprint density at radius 3 is 2.45 bits per heavy atom. The summed E-state index contributed by atoms with van der Waals surface area (Å²) in [4.78, 5) is 4.13. The van der Waals surface area contributed by atoms with E-state index in [0.29, 0.717) is 6.04 Å². The number of imidazole rings is 1. The van der Waals surface area contributed by atoms with Crippen LogP contribution in [0.2, 0.25) is 0 Å². The van der Waals surface area contributed by atoms with Gasteiger partial charge in [0, 0.05) is 31.5 Å². The molecule has 3 rings (SSSR count). The zero-order valence-electron chi connectivity index (χ0n) is 13.1. The van der Waals surface area contributed by atoms with Gasteiger partial charge in [-0.15, -0.1) is 12.4 Å². The number of nitrogens with one attached hydrogen (secondary N) is 1. The molecule has 0 spiro atoms. The van der Waals surface area contributed by atoms with Gasteiger partial charge in [-0.05, 0) is 24.0 Å². The summed E-state index contributed by atoms with van der Waals surface area (Å²) < 4.78 is 2.13. The topological polar surface area (TPSA) is 29.9 Å². The van der Waals surface area contributed by atoms with Crippen molar-refractivity contribution < 1.29 is 0 Å². The van der Waals surface area contributed by atoms with Crippen LogP contribution in [-0.2, 0) is 13.1 Å². The molecule has 1 aromatic carbocycles. The average Bonchev–Trinajstić information content (AvgIpc) is 2.88. The quantitative estimate of drug-likeness (QED) is 0.838. The van der Waals surface area contributed by atoms with E-state index in [2.05, 4.69) is 39.1 Å². The van der Waals surface area contributed by atoms with Crippen LogP contribution in [0.5, 0.6) is 0 Å². The van der Waals surface area contributed by atoms with E-state index in [4.69, 9.17) is 0 Å². The highest BCUT2D eigenvalue weighted by molar-refractivity contribution is 5.85. The fourth-order valence-corrected chi connectivity index (χ4v) is 3.20. The van der Waals surface area contributed by atoms with Crippen molar-refractivity contribution in [2.24, 2.45) is 0 Å². The predicted octanol–water partition coefficient (Wildman–Crippen LogP) is 4.17. The van der Waals surface area contributed by atoms with Crippen molar-refractivity contribution in [3.8, 4) is 0 Å². The Kier molecular flexibility index (Phi) is 6.94. The Hall–Kier alpha value is -1.32. The second-order valence-corrected chi connectivity index (χ2v) is 6.07. The van der Waals surface area contributed by atoms with Gasteiger partial charge in [0.2, 0.25) is 0 Å². The first-order valence-corrected chi connectivity index (χ1v) is 8.18. The molecule has 1 heterocycles. The highest BCUT2D eigenvalue weighted by Gasteiger charge is 2.12. The molecule has 0 unspecified atom stereocenters. The first kappa shape index (κ1) is 17.0. The molecule has 1 aliphatic carbocycles. The Labute approximate surface area is 139 Å². The number of aromatic nitrogens is 2. The SMILES string of the molecule is Cl.c1ccc(Cn2ccnc2)c(CNC2CCCCCC2)c1. The molecule has 2 aromatic rings. The van der Waals surface area contributed by atoms with Gasteiger partial charge in [0.1, 0.15) is 0 Å². The van der Waals surface area contributed by atoms with Gasteiger partial charge in [0.25, 0.3) is 0 Å². The number of hydrogen-bond acceptors (Lipinski definition) is 2. The first-order chi connectivity index (χ1) is 10.4. The molecule has 1 aliphatic rings. The largest absolute Gasteiger partial charge is 0.333 e. The Balaban J connectivity index is 0.00000176. The minimum Gasteiger partial charge on any atom is -0.333 e. The molecule has 22 heavy (non-hydrogen) atoms. The van der Waals surface area contributed by atoms with E-state index in [1.54, 1.807) is 0 Å². The summed E-state index contributed by atoms with van der Waals surface area (Å²) in [6, 6.07) is 9.44. The molecule has 0 radical (unpaired) electrons. The second-order valence-electron chi connectivity index (χ2n) is 6.07. The van der Waals surface area contributed by atoms with Crippen molar-refractivity contribution >= 4 is 12.4 Å². The summed E-state index contributed by atoms with van der Waals surface area (Å²) in [5, 5.41) is 3.77. The lowest BCUT2D eigenvalue weighted by Crippen LogP contribution is -2.28. The lowest BCUT2D eigenvalue weighted by atomic mass is 10.1. The van der Waals surface area contributed by atoms with E-state index in [0.717, 1.165) is 13.1 Å². The summed E-state index contributed by atoms with van der Waals surface area (Å²) >= 11 is 0. The maximum Gasteiger partial charge on any atom is 0.0949 e. The molecule has 0 amide bonds. The third kappa shape index (κ3) is 4.85. The van der Waals surface area contributed by atoms with E-state index in [1.165, 1.54) is 49.7 Å². The van der Waals surface area contributed by atoms with Crippen molar-refractivity contribution in [1.82, 2.24) is 14.9 Å². The molecule has 1 N–H and O–H groups in total. The number of hydrogen-bond donors (Lipinski definition) is 1. The molecule has 1 aromatic heterocycles. The van der Waals surface area contributed by atoms with Crippen molar-refractivity contribution in [3.05, 3.63) is 54.1 Å². The van der Waals surface area contributed by atoms with Gasteiger partial charge in [0.05, 0.1) is 6.33 Å². The zero-order valence-corrected chi connectivity index (χ0v) is 13.9. The monoisotopic (exact) mass is 319 g/mol. The van der Waals surface area contributed by atoms with Crippen LogP contribution in [0.15, 0.2) is 43.0 Å². The number of nitrogens with zero attached hydrogens (tertiary/aromatic N) is 2. The number of halogens is 1. The molecule has 0 atom stereocenters. The summed E-state index contributed by atoms with van der Waals surface area (Å²) in [6.45, 7) is 1.89. The molecule has 1 fully saturated rings. The van der Waals surface area contributed by atoms with E-state index < -0.39 is 0 Å². The number of benzene rings is 1. The molecule has 1 saturated carbocycles. The van der Waals surface area contributed by atoms with Gasteiger partial charge in [-0.2, -0.15) is 0 Å². The Morgan fingerprint density at radius 2 is 1.77 bits per heavy atom. The third-order valence-electron chi connectivity index (χ3n) is 4.47. The van der Waals surface area contributed by atoms with Gasteiger partial charge in [-0.1, -0.05) is 49.9 Å². The van der Waals surface area contributed by atoms with Crippen molar-refractivity contribution in [2.75, 3.05) is 0 Å². The van der Waals surface area contributed by atoms with Crippen molar-refractivity contribution in [3.63, 3.8) is 0 Å². The summed E-state index contributed by atoms with van der Waals surface area (Å²) in [5.74, 6) is 0. The highest BCUT2D eigenvalue weighted by atomic mass is 35.5. The van der Waals surface area contributed by atoms with Gasteiger partial charge in [-0.25, -0.2) is 4.98 Å². The van der Waals surface area contributed by atoms with Crippen LogP contribution in [0.3, 0.4) is 0 Å². The predicted molar refractivity (Wildman–Crippen MR) is 93.3 cm³/mol. The van der Waals surface area contributed by atoms with Gasteiger partial charge in [0.15, 0.2) is 0 Å². The smallest absolute Gasteiger partial charge is 0.0949 e. The molecule has 0 aliphatic heterocycles. The second kappa shape index (κ2) is 8.96. The van der Waals surface area contributed by atoms with Crippen molar-refractivity contribution in [2.45, 2.75) is 57.7 Å². The van der Waals surface area contributed by atoms with Crippen LogP contribution in [0, 0.1) is 0 Å². The van der Waals surface area contributed by atoms with E-state index in [9.17, 15) is 0 Å². The third-order valence-corrected chi connectivity index (χ3v) is 4.47. The Morgan fingerprint density at radius 1 is 1.05 bits per heavy atom. The van der Waals surface area contributed by atoms with E-state index >= 15 is 0 Å². The fourth-order valence-electron chi connectivity index (χ4n) is 3.20. The van der Waals surface area contributed by atoms with Gasteiger partial charge >= 0.3 is 0 Å². The highest BCUT2D eigenvalue weighted by Crippen LogP contribution is 2.18. The molecule has 0 saturated heterocycles. The fraction of sp³-hybridized carbons (Fsp3) is 0.500. The molecule has 4 heteroatoms. The van der Waals surface area contributed by atoms with Crippen LogP contribution in [0.1, 0.15) is 49.7 Å². The van der Waals surface area contributed by atoms with Gasteiger partial charge in [-0.3, -0.25) is 0 Å². The maximum atomic E-state index is 4.13. The lowest BCUT2D eigenvalue weighted by molar-refractivity contribution is 0.458. The summed E-state index contributed by atoms with van der Waals surface area (Å²) in [7, 11) is 0. The van der Waals surface area contributed by atoms with E-state index in [-0.39, 0.29) is 12.4 Å². The van der Waals surface area contributed by atoms with Crippen LogP contribution >= 0.6 is 12.4 Å². The summed E-state index contributed by atoms with van der Waals surface area (Å²) in [5.41, 5.74) is 2.80. The minimum absolute atomic E-state index is 0. The molecule has 0 bridgehead atoms. The number of rotatable bonds is 5. The minimum atomic E-state index is 0. The van der Waals surface area contributed by atoms with Crippen molar-refractivity contribution in [1.29, 1.82) is 0 Å². The molecule has 3 nitrogen and oxygen atoms in total. The zero-order chi connectivity index (χ0) is 14.3. The molecule has 120 valence electrons. The maximum absolute atomic E-state index is 4.13.